The molecule has 130 valence electrons. The van der Waals surface area contributed by atoms with Crippen molar-refractivity contribution in [2.45, 2.75) is 33.4 Å². The summed E-state index contributed by atoms with van der Waals surface area (Å²) in [6, 6.07) is 11.6. The zero-order valence-corrected chi connectivity index (χ0v) is 14.6. The van der Waals surface area contributed by atoms with Crippen LogP contribution in [0.5, 0.6) is 0 Å². The maximum atomic E-state index is 12.6. The summed E-state index contributed by atoms with van der Waals surface area (Å²) < 4.78 is 0. The van der Waals surface area contributed by atoms with Crippen LogP contribution in [0.3, 0.4) is 0 Å². The van der Waals surface area contributed by atoms with Crippen LogP contribution in [0.4, 0.5) is 5.69 Å². The number of hydrogen-bond acceptors (Lipinski definition) is 4. The number of hydrogen-bond donors (Lipinski definition) is 2. The fraction of sp³-hybridized carbons (Fsp3) is 0.316. The number of hydrazone groups is 1. The molecule has 1 aromatic heterocycles. The summed E-state index contributed by atoms with van der Waals surface area (Å²) in [4.78, 5) is 27.4. The van der Waals surface area contributed by atoms with E-state index in [4.69, 9.17) is 0 Å². The number of rotatable bonds is 4. The van der Waals surface area contributed by atoms with Gasteiger partial charge in [0.25, 0.3) is 5.56 Å². The summed E-state index contributed by atoms with van der Waals surface area (Å²) >= 11 is 0. The van der Waals surface area contributed by atoms with Gasteiger partial charge in [-0.1, -0.05) is 18.2 Å². The van der Waals surface area contributed by atoms with Crippen molar-refractivity contribution in [2.24, 2.45) is 11.0 Å². The predicted octanol–water partition coefficient (Wildman–Crippen LogP) is 2.12. The Labute approximate surface area is 146 Å². The first kappa shape index (κ1) is 17.0. The molecule has 0 radical (unpaired) electrons. The van der Waals surface area contributed by atoms with E-state index in [2.05, 4.69) is 15.4 Å². The summed E-state index contributed by atoms with van der Waals surface area (Å²) in [5, 5.41) is 9.08. The largest absolute Gasteiger partial charge is 0.351 e. The summed E-state index contributed by atoms with van der Waals surface area (Å²) in [6.07, 6.45) is 1.67. The molecular formula is C19H22N4O2. The molecule has 2 unspecified atom stereocenters. The van der Waals surface area contributed by atoms with E-state index in [-0.39, 0.29) is 30.0 Å². The van der Waals surface area contributed by atoms with Crippen molar-refractivity contribution in [3.05, 3.63) is 63.6 Å². The maximum Gasteiger partial charge on any atom is 0.253 e. The van der Waals surface area contributed by atoms with Gasteiger partial charge in [0.1, 0.15) is 0 Å². The van der Waals surface area contributed by atoms with E-state index in [1.54, 1.807) is 6.21 Å². The van der Waals surface area contributed by atoms with Gasteiger partial charge >= 0.3 is 0 Å². The van der Waals surface area contributed by atoms with Gasteiger partial charge in [-0.05, 0) is 44.5 Å². The number of benzene rings is 1. The van der Waals surface area contributed by atoms with Crippen LogP contribution in [0, 0.1) is 19.8 Å². The molecule has 2 aromatic rings. The number of aromatic amines is 1. The van der Waals surface area contributed by atoms with Crippen molar-refractivity contribution in [1.82, 2.24) is 10.3 Å². The van der Waals surface area contributed by atoms with E-state index in [0.717, 1.165) is 16.9 Å². The molecule has 2 atom stereocenters. The second-order valence-corrected chi connectivity index (χ2v) is 6.37. The number of carbonyl (C=O) groups excluding carboxylic acids is 1. The zero-order chi connectivity index (χ0) is 18.0. The fourth-order valence-electron chi connectivity index (χ4n) is 3.09. The molecule has 3 rings (SSSR count). The summed E-state index contributed by atoms with van der Waals surface area (Å²) in [5.74, 6) is -0.487. The van der Waals surface area contributed by atoms with Crippen LogP contribution in [0.15, 0.2) is 46.3 Å². The fourth-order valence-corrected chi connectivity index (χ4v) is 3.09. The van der Waals surface area contributed by atoms with Crippen molar-refractivity contribution >= 4 is 17.8 Å². The molecule has 0 saturated heterocycles. The lowest BCUT2D eigenvalue weighted by Gasteiger charge is -2.23. The lowest BCUT2D eigenvalue weighted by molar-refractivity contribution is -0.123. The third-order valence-corrected chi connectivity index (χ3v) is 4.51. The predicted molar refractivity (Wildman–Crippen MR) is 98.7 cm³/mol. The van der Waals surface area contributed by atoms with Crippen molar-refractivity contribution < 1.29 is 4.79 Å². The number of nitrogens with zero attached hydrogens (tertiary/aromatic N) is 2. The summed E-state index contributed by atoms with van der Waals surface area (Å²) in [7, 11) is 0. The third kappa shape index (κ3) is 3.47. The molecule has 2 heterocycles. The standard InChI is InChI=1S/C19H22N4O2/c1-12-9-13(2)22-19(25)16(12)10-20-18(24)17-11-21-23(14(17)3)15-7-5-4-6-8-15/h4-9,11,14,17H,10H2,1-3H3,(H,20,24)(H,22,25). The van der Waals surface area contributed by atoms with Crippen LogP contribution in [0.1, 0.15) is 23.7 Å². The number of pyridine rings is 1. The first-order valence-corrected chi connectivity index (χ1v) is 8.33. The average Bonchev–Trinajstić information content (AvgIpc) is 2.96. The maximum absolute atomic E-state index is 12.6. The van der Waals surface area contributed by atoms with E-state index in [0.29, 0.717) is 5.56 Å². The first-order chi connectivity index (χ1) is 12.0. The Bertz CT molecular complexity index is 857. The number of aryl methyl sites for hydroxylation is 2. The molecule has 0 aliphatic carbocycles. The smallest absolute Gasteiger partial charge is 0.253 e. The van der Waals surface area contributed by atoms with Gasteiger partial charge < -0.3 is 10.3 Å². The van der Waals surface area contributed by atoms with Crippen LogP contribution in [-0.2, 0) is 11.3 Å². The monoisotopic (exact) mass is 338 g/mol. The Morgan fingerprint density at radius 1 is 1.28 bits per heavy atom. The Kier molecular flexibility index (Phi) is 4.70. The second-order valence-electron chi connectivity index (χ2n) is 6.37. The minimum Gasteiger partial charge on any atom is -0.351 e. The number of carbonyl (C=O) groups is 1. The van der Waals surface area contributed by atoms with Gasteiger partial charge in [-0.15, -0.1) is 0 Å². The number of nitrogens with one attached hydrogen (secondary N) is 2. The molecule has 6 nitrogen and oxygen atoms in total. The number of anilines is 1. The molecule has 1 aromatic carbocycles. The summed E-state index contributed by atoms with van der Waals surface area (Å²) in [6.45, 7) is 5.89. The van der Waals surface area contributed by atoms with Crippen molar-refractivity contribution in [2.75, 3.05) is 5.01 Å². The molecule has 1 aliphatic rings. The minimum absolute atomic E-state index is 0.0835. The Morgan fingerprint density at radius 2 is 2.00 bits per heavy atom. The quantitative estimate of drug-likeness (QED) is 0.896. The molecule has 0 bridgehead atoms. The van der Waals surface area contributed by atoms with E-state index >= 15 is 0 Å². The number of amides is 1. The van der Waals surface area contributed by atoms with Gasteiger partial charge in [0.05, 0.1) is 17.6 Å². The Hall–Kier alpha value is -2.89. The van der Waals surface area contributed by atoms with Crippen molar-refractivity contribution in [3.8, 4) is 0 Å². The van der Waals surface area contributed by atoms with Crippen LogP contribution in [0.2, 0.25) is 0 Å². The second kappa shape index (κ2) is 6.93. The number of H-pyrrole nitrogens is 1. The molecule has 25 heavy (non-hydrogen) atoms. The van der Waals surface area contributed by atoms with E-state index in [1.807, 2.05) is 62.2 Å². The van der Waals surface area contributed by atoms with Gasteiger partial charge in [-0.3, -0.25) is 14.6 Å². The van der Waals surface area contributed by atoms with Crippen LogP contribution < -0.4 is 15.9 Å². The highest BCUT2D eigenvalue weighted by molar-refractivity contribution is 5.96. The lowest BCUT2D eigenvalue weighted by atomic mass is 10.0. The van der Waals surface area contributed by atoms with Gasteiger partial charge in [0.2, 0.25) is 5.91 Å². The molecular weight excluding hydrogens is 316 g/mol. The summed E-state index contributed by atoms with van der Waals surface area (Å²) in [5.41, 5.74) is 3.07. The Balaban J connectivity index is 1.67. The van der Waals surface area contributed by atoms with Crippen molar-refractivity contribution in [1.29, 1.82) is 0 Å². The Morgan fingerprint density at radius 3 is 2.68 bits per heavy atom. The zero-order valence-electron chi connectivity index (χ0n) is 14.6. The third-order valence-electron chi connectivity index (χ3n) is 4.51. The SMILES string of the molecule is Cc1cc(C)c(CNC(=O)C2C=NN(c3ccccc3)C2C)c(=O)[nH]1. The molecule has 6 heteroatoms. The molecule has 2 N–H and O–H groups in total. The minimum atomic E-state index is -0.356. The van der Waals surface area contributed by atoms with E-state index in [9.17, 15) is 9.59 Å². The number of para-hydroxylation sites is 1. The van der Waals surface area contributed by atoms with Crippen LogP contribution >= 0.6 is 0 Å². The van der Waals surface area contributed by atoms with Gasteiger partial charge in [0.15, 0.2) is 0 Å². The highest BCUT2D eigenvalue weighted by Crippen LogP contribution is 2.25. The van der Waals surface area contributed by atoms with Crippen LogP contribution in [0.25, 0.3) is 0 Å². The highest BCUT2D eigenvalue weighted by Gasteiger charge is 2.33. The molecule has 0 fully saturated rings. The lowest BCUT2D eigenvalue weighted by Crippen LogP contribution is -2.40. The normalized spacial score (nSPS) is 19.2. The molecule has 0 spiro atoms. The number of aromatic nitrogens is 1. The average molecular weight is 338 g/mol. The van der Waals surface area contributed by atoms with E-state index in [1.165, 1.54) is 0 Å². The van der Waals surface area contributed by atoms with Gasteiger partial charge in [0, 0.05) is 24.0 Å². The van der Waals surface area contributed by atoms with Crippen LogP contribution in [-0.4, -0.2) is 23.1 Å². The molecule has 1 amide bonds. The van der Waals surface area contributed by atoms with Gasteiger partial charge in [-0.2, -0.15) is 5.10 Å². The van der Waals surface area contributed by atoms with E-state index < -0.39 is 0 Å². The molecule has 0 saturated carbocycles. The van der Waals surface area contributed by atoms with Crippen molar-refractivity contribution in [3.63, 3.8) is 0 Å². The highest BCUT2D eigenvalue weighted by atomic mass is 16.2. The van der Waals surface area contributed by atoms with Gasteiger partial charge in [-0.25, -0.2) is 0 Å². The topological polar surface area (TPSA) is 77.6 Å². The molecule has 1 aliphatic heterocycles. The first-order valence-electron chi connectivity index (χ1n) is 8.33.